The molecule has 0 saturated carbocycles. The lowest BCUT2D eigenvalue weighted by Crippen LogP contribution is -2.23. The predicted octanol–water partition coefficient (Wildman–Crippen LogP) is 2.54. The molecule has 0 atom stereocenters. The summed E-state index contributed by atoms with van der Waals surface area (Å²) >= 11 is 0. The van der Waals surface area contributed by atoms with Crippen molar-refractivity contribution in [2.24, 2.45) is 0 Å². The molecule has 1 N–H and O–H groups in total. The zero-order valence-corrected chi connectivity index (χ0v) is 11.5. The quantitative estimate of drug-likeness (QED) is 0.862. The predicted molar refractivity (Wildman–Crippen MR) is 77.8 cm³/mol. The van der Waals surface area contributed by atoms with E-state index in [-0.39, 0.29) is 0 Å². The van der Waals surface area contributed by atoms with E-state index in [9.17, 15) is 0 Å². The zero-order chi connectivity index (χ0) is 13.5. The molecule has 0 aliphatic carbocycles. The minimum Gasteiger partial charge on any atom is -0.372 e. The summed E-state index contributed by atoms with van der Waals surface area (Å²) in [6.07, 6.45) is 3.60. The third kappa shape index (κ3) is 4.03. The van der Waals surface area contributed by atoms with Gasteiger partial charge in [-0.25, -0.2) is 4.98 Å². The zero-order valence-electron chi connectivity index (χ0n) is 11.5. The molecule has 0 bridgehead atoms. The summed E-state index contributed by atoms with van der Waals surface area (Å²) in [6.45, 7) is 4.91. The van der Waals surface area contributed by atoms with Crippen molar-refractivity contribution in [2.45, 2.75) is 20.0 Å². The van der Waals surface area contributed by atoms with Gasteiger partial charge in [0.2, 0.25) is 0 Å². The van der Waals surface area contributed by atoms with Crippen LogP contribution in [0.25, 0.3) is 0 Å². The second-order valence-corrected chi connectivity index (χ2v) is 4.43. The van der Waals surface area contributed by atoms with Crippen molar-refractivity contribution in [3.05, 3.63) is 54.0 Å². The molecule has 100 valence electrons. The topological polar surface area (TPSA) is 41.1 Å². The monoisotopic (exact) mass is 256 g/mol. The van der Waals surface area contributed by atoms with Crippen molar-refractivity contribution in [3.63, 3.8) is 0 Å². The van der Waals surface area contributed by atoms with Crippen molar-refractivity contribution in [1.82, 2.24) is 14.9 Å². The minimum absolute atomic E-state index is 0.801. The molecule has 1 aromatic carbocycles. The van der Waals surface area contributed by atoms with Gasteiger partial charge >= 0.3 is 0 Å². The van der Waals surface area contributed by atoms with E-state index in [1.54, 1.807) is 6.20 Å². The third-order valence-corrected chi connectivity index (χ3v) is 3.04. The minimum atomic E-state index is 0.801. The third-order valence-electron chi connectivity index (χ3n) is 3.04. The molecule has 0 amide bonds. The van der Waals surface area contributed by atoms with Gasteiger partial charge in [-0.3, -0.25) is 9.88 Å². The SMILES string of the molecule is CCN(Cc1ccccc1)Cc1cnc(NC)cn1. The van der Waals surface area contributed by atoms with E-state index in [1.165, 1.54) is 5.56 Å². The summed E-state index contributed by atoms with van der Waals surface area (Å²) in [5.74, 6) is 0.801. The molecule has 19 heavy (non-hydrogen) atoms. The molecule has 1 heterocycles. The van der Waals surface area contributed by atoms with Crippen LogP contribution in [-0.4, -0.2) is 28.5 Å². The highest BCUT2D eigenvalue weighted by molar-refractivity contribution is 5.29. The first-order chi connectivity index (χ1) is 9.31. The van der Waals surface area contributed by atoms with Crippen LogP contribution in [0.2, 0.25) is 0 Å². The average Bonchev–Trinajstić information content (AvgIpc) is 2.48. The van der Waals surface area contributed by atoms with Crippen LogP contribution < -0.4 is 5.32 Å². The first-order valence-electron chi connectivity index (χ1n) is 6.56. The Bertz CT molecular complexity index is 481. The maximum Gasteiger partial charge on any atom is 0.144 e. The van der Waals surface area contributed by atoms with Gasteiger partial charge in [-0.05, 0) is 12.1 Å². The number of nitrogens with one attached hydrogen (secondary N) is 1. The van der Waals surface area contributed by atoms with Gasteiger partial charge in [0, 0.05) is 20.1 Å². The van der Waals surface area contributed by atoms with Gasteiger partial charge in [-0.1, -0.05) is 37.3 Å². The Morgan fingerprint density at radius 3 is 2.42 bits per heavy atom. The number of nitrogens with zero attached hydrogens (tertiary/aromatic N) is 3. The van der Waals surface area contributed by atoms with Crippen LogP contribution in [0, 0.1) is 0 Å². The summed E-state index contributed by atoms with van der Waals surface area (Å²) in [4.78, 5) is 11.0. The van der Waals surface area contributed by atoms with Crippen molar-refractivity contribution >= 4 is 5.82 Å². The summed E-state index contributed by atoms with van der Waals surface area (Å²) in [5, 5.41) is 2.97. The Morgan fingerprint density at radius 2 is 1.84 bits per heavy atom. The molecule has 0 fully saturated rings. The number of benzene rings is 1. The molecule has 0 aliphatic heterocycles. The van der Waals surface area contributed by atoms with Crippen molar-refractivity contribution in [1.29, 1.82) is 0 Å². The maximum absolute atomic E-state index is 4.41. The van der Waals surface area contributed by atoms with Gasteiger partial charge in [-0.15, -0.1) is 0 Å². The molecule has 2 rings (SSSR count). The van der Waals surface area contributed by atoms with Crippen LogP contribution in [0.15, 0.2) is 42.7 Å². The first kappa shape index (κ1) is 13.5. The van der Waals surface area contributed by atoms with E-state index in [2.05, 4.69) is 51.4 Å². The Labute approximate surface area is 114 Å². The van der Waals surface area contributed by atoms with Crippen molar-refractivity contribution < 1.29 is 0 Å². The summed E-state index contributed by atoms with van der Waals surface area (Å²) < 4.78 is 0. The van der Waals surface area contributed by atoms with Crippen molar-refractivity contribution in [2.75, 3.05) is 18.9 Å². The van der Waals surface area contributed by atoms with E-state index < -0.39 is 0 Å². The van der Waals surface area contributed by atoms with E-state index >= 15 is 0 Å². The average molecular weight is 256 g/mol. The van der Waals surface area contributed by atoms with Crippen LogP contribution in [-0.2, 0) is 13.1 Å². The van der Waals surface area contributed by atoms with E-state index in [0.29, 0.717) is 0 Å². The second-order valence-electron chi connectivity index (χ2n) is 4.43. The van der Waals surface area contributed by atoms with Gasteiger partial charge in [-0.2, -0.15) is 0 Å². The molecule has 2 aromatic rings. The lowest BCUT2D eigenvalue weighted by atomic mass is 10.2. The molecule has 0 spiro atoms. The first-order valence-corrected chi connectivity index (χ1v) is 6.56. The van der Waals surface area contributed by atoms with Crippen LogP contribution >= 0.6 is 0 Å². The normalized spacial score (nSPS) is 10.7. The number of hydrogen-bond donors (Lipinski definition) is 1. The highest BCUT2D eigenvalue weighted by atomic mass is 15.1. The number of rotatable bonds is 6. The molecule has 4 heteroatoms. The molecular weight excluding hydrogens is 236 g/mol. The van der Waals surface area contributed by atoms with Crippen LogP contribution in [0.1, 0.15) is 18.2 Å². The Balaban J connectivity index is 1.98. The Morgan fingerprint density at radius 1 is 1.05 bits per heavy atom. The summed E-state index contributed by atoms with van der Waals surface area (Å²) in [7, 11) is 1.84. The molecule has 0 unspecified atom stereocenters. The van der Waals surface area contributed by atoms with Crippen LogP contribution in [0.5, 0.6) is 0 Å². The number of anilines is 1. The molecule has 0 saturated heterocycles. The summed E-state index contributed by atoms with van der Waals surface area (Å²) in [6, 6.07) is 10.5. The van der Waals surface area contributed by atoms with E-state index in [4.69, 9.17) is 0 Å². The van der Waals surface area contributed by atoms with Crippen molar-refractivity contribution in [3.8, 4) is 0 Å². The lowest BCUT2D eigenvalue weighted by molar-refractivity contribution is 0.268. The fourth-order valence-electron chi connectivity index (χ4n) is 1.92. The standard InChI is InChI=1S/C15H20N4/c1-3-19(11-13-7-5-4-6-8-13)12-14-9-18-15(16-2)10-17-14/h4-10H,3,11-12H2,1-2H3,(H,16,18). The molecule has 0 aliphatic rings. The molecular formula is C15H20N4. The van der Waals surface area contributed by atoms with Crippen LogP contribution in [0.3, 0.4) is 0 Å². The van der Waals surface area contributed by atoms with Gasteiger partial charge in [0.25, 0.3) is 0 Å². The molecule has 1 aromatic heterocycles. The largest absolute Gasteiger partial charge is 0.372 e. The van der Waals surface area contributed by atoms with E-state index in [0.717, 1.165) is 31.1 Å². The second kappa shape index (κ2) is 6.85. The van der Waals surface area contributed by atoms with Gasteiger partial charge in [0.05, 0.1) is 18.1 Å². The fraction of sp³-hybridized carbons (Fsp3) is 0.333. The Hall–Kier alpha value is -1.94. The number of hydrogen-bond acceptors (Lipinski definition) is 4. The Kier molecular flexibility index (Phi) is 4.86. The molecule has 0 radical (unpaired) electrons. The fourth-order valence-corrected chi connectivity index (χ4v) is 1.92. The summed E-state index contributed by atoms with van der Waals surface area (Å²) in [5.41, 5.74) is 2.32. The highest BCUT2D eigenvalue weighted by Gasteiger charge is 2.06. The smallest absolute Gasteiger partial charge is 0.144 e. The highest BCUT2D eigenvalue weighted by Crippen LogP contribution is 2.08. The van der Waals surface area contributed by atoms with Crippen LogP contribution in [0.4, 0.5) is 5.82 Å². The maximum atomic E-state index is 4.41. The lowest BCUT2D eigenvalue weighted by Gasteiger charge is -2.19. The van der Waals surface area contributed by atoms with Gasteiger partial charge in [0.15, 0.2) is 0 Å². The van der Waals surface area contributed by atoms with Gasteiger partial charge in [0.1, 0.15) is 5.82 Å². The molecule has 4 nitrogen and oxygen atoms in total. The number of aromatic nitrogens is 2. The van der Waals surface area contributed by atoms with E-state index in [1.807, 2.05) is 19.3 Å². The van der Waals surface area contributed by atoms with Gasteiger partial charge < -0.3 is 5.32 Å².